The monoisotopic (exact) mass is 469 g/mol. The van der Waals surface area contributed by atoms with Gasteiger partial charge in [-0.3, -0.25) is 4.57 Å². The lowest BCUT2D eigenvalue weighted by atomic mass is 10.1. The van der Waals surface area contributed by atoms with Gasteiger partial charge in [0.15, 0.2) is 11.0 Å². The van der Waals surface area contributed by atoms with Gasteiger partial charge in [-0.25, -0.2) is 4.39 Å². The van der Waals surface area contributed by atoms with Crippen LogP contribution in [0.4, 0.5) is 4.39 Å². The van der Waals surface area contributed by atoms with Crippen LogP contribution in [0.1, 0.15) is 11.1 Å². The number of ether oxygens (including phenoxy) is 2. The molecule has 0 aliphatic carbocycles. The molecule has 0 radical (unpaired) electrons. The molecular weight excluding hydrogens is 449 g/mol. The first kappa shape index (κ1) is 22.2. The Kier molecular flexibility index (Phi) is 6.67. The highest BCUT2D eigenvalue weighted by Crippen LogP contribution is 2.35. The van der Waals surface area contributed by atoms with E-state index in [9.17, 15) is 4.39 Å². The Balaban J connectivity index is 1.81. The molecule has 0 aliphatic heterocycles. The molecule has 0 saturated heterocycles. The summed E-state index contributed by atoms with van der Waals surface area (Å²) in [5, 5.41) is 9.87. The summed E-state index contributed by atoms with van der Waals surface area (Å²) in [6, 6.07) is 18.3. The molecule has 0 atom stereocenters. The SMILES string of the molecule is COc1cc(OC)cc(-c2nnc(SCc3c(F)cccc3Cl)n2-c2cccc(C)c2)c1. The van der Waals surface area contributed by atoms with Crippen molar-refractivity contribution < 1.29 is 13.9 Å². The van der Waals surface area contributed by atoms with E-state index < -0.39 is 0 Å². The Morgan fingerprint density at radius 3 is 2.34 bits per heavy atom. The van der Waals surface area contributed by atoms with Crippen LogP contribution in [0.15, 0.2) is 65.8 Å². The molecule has 5 nitrogen and oxygen atoms in total. The maximum Gasteiger partial charge on any atom is 0.196 e. The van der Waals surface area contributed by atoms with E-state index in [2.05, 4.69) is 10.2 Å². The summed E-state index contributed by atoms with van der Waals surface area (Å²) < 4.78 is 27.1. The third kappa shape index (κ3) is 4.59. The van der Waals surface area contributed by atoms with Crippen molar-refractivity contribution in [3.8, 4) is 28.6 Å². The van der Waals surface area contributed by atoms with Crippen molar-refractivity contribution in [3.63, 3.8) is 0 Å². The van der Waals surface area contributed by atoms with Gasteiger partial charge in [0.25, 0.3) is 0 Å². The smallest absolute Gasteiger partial charge is 0.196 e. The van der Waals surface area contributed by atoms with Gasteiger partial charge < -0.3 is 9.47 Å². The zero-order valence-electron chi connectivity index (χ0n) is 17.8. The normalized spacial score (nSPS) is 10.9. The Morgan fingerprint density at radius 1 is 0.969 bits per heavy atom. The number of aromatic nitrogens is 3. The van der Waals surface area contributed by atoms with Gasteiger partial charge in [0, 0.05) is 33.7 Å². The van der Waals surface area contributed by atoms with Gasteiger partial charge in [0.05, 0.1) is 14.2 Å². The van der Waals surface area contributed by atoms with Crippen molar-refractivity contribution in [2.24, 2.45) is 0 Å². The number of thioether (sulfide) groups is 1. The molecule has 0 bridgehead atoms. The Hall–Kier alpha value is -3.03. The zero-order valence-corrected chi connectivity index (χ0v) is 19.4. The second-order valence-electron chi connectivity index (χ2n) is 7.07. The minimum absolute atomic E-state index is 0.316. The van der Waals surface area contributed by atoms with Crippen molar-refractivity contribution in [2.75, 3.05) is 14.2 Å². The zero-order chi connectivity index (χ0) is 22.7. The van der Waals surface area contributed by atoms with Crippen LogP contribution in [-0.4, -0.2) is 29.0 Å². The summed E-state index contributed by atoms with van der Waals surface area (Å²) in [6.45, 7) is 2.02. The molecule has 32 heavy (non-hydrogen) atoms. The molecule has 3 aromatic carbocycles. The highest BCUT2D eigenvalue weighted by Gasteiger charge is 2.19. The van der Waals surface area contributed by atoms with E-state index in [1.54, 1.807) is 32.4 Å². The van der Waals surface area contributed by atoms with E-state index in [1.807, 2.05) is 47.9 Å². The number of nitrogens with zero attached hydrogens (tertiary/aromatic N) is 3. The van der Waals surface area contributed by atoms with E-state index in [0.717, 1.165) is 16.8 Å². The van der Waals surface area contributed by atoms with E-state index in [0.29, 0.717) is 38.8 Å². The maximum absolute atomic E-state index is 14.3. The number of methoxy groups -OCH3 is 2. The molecule has 164 valence electrons. The Morgan fingerprint density at radius 2 is 1.69 bits per heavy atom. The molecule has 0 saturated carbocycles. The van der Waals surface area contributed by atoms with Crippen LogP contribution >= 0.6 is 23.4 Å². The maximum atomic E-state index is 14.3. The fourth-order valence-electron chi connectivity index (χ4n) is 3.29. The van der Waals surface area contributed by atoms with Crippen LogP contribution in [0.2, 0.25) is 5.02 Å². The fraction of sp³-hybridized carbons (Fsp3) is 0.167. The molecule has 0 fully saturated rings. The molecular formula is C24H21ClFN3O2S. The summed E-state index contributed by atoms with van der Waals surface area (Å²) >= 11 is 7.58. The van der Waals surface area contributed by atoms with Crippen molar-refractivity contribution in [3.05, 3.63) is 82.6 Å². The standard InChI is InChI=1S/C24H21ClFN3O2S/c1-15-6-4-7-17(10-15)29-23(16-11-18(30-2)13-19(12-16)31-3)27-28-24(29)32-14-20-21(25)8-5-9-22(20)26/h4-13H,14H2,1-3H3. The van der Waals surface area contributed by atoms with E-state index >= 15 is 0 Å². The van der Waals surface area contributed by atoms with Gasteiger partial charge >= 0.3 is 0 Å². The average Bonchev–Trinajstić information content (AvgIpc) is 3.22. The van der Waals surface area contributed by atoms with Crippen LogP contribution in [0.5, 0.6) is 11.5 Å². The van der Waals surface area contributed by atoms with E-state index in [4.69, 9.17) is 21.1 Å². The van der Waals surface area contributed by atoms with Gasteiger partial charge in [0.1, 0.15) is 17.3 Å². The predicted molar refractivity (Wildman–Crippen MR) is 126 cm³/mol. The van der Waals surface area contributed by atoms with Gasteiger partial charge in [-0.2, -0.15) is 0 Å². The van der Waals surface area contributed by atoms with E-state index in [1.165, 1.54) is 17.8 Å². The topological polar surface area (TPSA) is 49.2 Å². The summed E-state index contributed by atoms with van der Waals surface area (Å²) in [5.74, 6) is 1.88. The molecule has 0 unspecified atom stereocenters. The summed E-state index contributed by atoms with van der Waals surface area (Å²) in [7, 11) is 3.20. The number of halogens is 2. The van der Waals surface area contributed by atoms with Crippen molar-refractivity contribution in [2.45, 2.75) is 17.8 Å². The Labute approximate surface area is 195 Å². The molecule has 0 aliphatic rings. The number of hydrogen-bond donors (Lipinski definition) is 0. The summed E-state index contributed by atoms with van der Waals surface area (Å²) in [6.07, 6.45) is 0. The number of rotatable bonds is 7. The highest BCUT2D eigenvalue weighted by molar-refractivity contribution is 7.98. The average molecular weight is 470 g/mol. The molecule has 4 aromatic rings. The molecule has 0 amide bonds. The minimum atomic E-state index is -0.343. The van der Waals surface area contributed by atoms with Crippen molar-refractivity contribution >= 4 is 23.4 Å². The van der Waals surface area contributed by atoms with Gasteiger partial charge in [-0.15, -0.1) is 10.2 Å². The molecule has 1 heterocycles. The van der Waals surface area contributed by atoms with E-state index in [-0.39, 0.29) is 5.82 Å². The van der Waals surface area contributed by atoms with Crippen LogP contribution < -0.4 is 9.47 Å². The first-order chi connectivity index (χ1) is 15.5. The second kappa shape index (κ2) is 9.63. The van der Waals surface area contributed by atoms with Crippen LogP contribution in [0.25, 0.3) is 17.1 Å². The van der Waals surface area contributed by atoms with Crippen LogP contribution in [-0.2, 0) is 5.75 Å². The van der Waals surface area contributed by atoms with Gasteiger partial charge in [0.2, 0.25) is 0 Å². The lowest BCUT2D eigenvalue weighted by molar-refractivity contribution is 0.394. The van der Waals surface area contributed by atoms with Crippen molar-refractivity contribution in [1.82, 2.24) is 14.8 Å². The first-order valence-corrected chi connectivity index (χ1v) is 11.2. The Bertz CT molecular complexity index is 1220. The lowest BCUT2D eigenvalue weighted by Crippen LogP contribution is -2.01. The molecule has 4 rings (SSSR count). The van der Waals surface area contributed by atoms with Crippen LogP contribution in [0.3, 0.4) is 0 Å². The quantitative estimate of drug-likeness (QED) is 0.295. The van der Waals surface area contributed by atoms with Gasteiger partial charge in [-0.05, 0) is 48.9 Å². The first-order valence-electron chi connectivity index (χ1n) is 9.81. The molecule has 0 N–H and O–H groups in total. The second-order valence-corrected chi connectivity index (χ2v) is 8.42. The number of hydrogen-bond acceptors (Lipinski definition) is 5. The number of aryl methyl sites for hydroxylation is 1. The number of benzene rings is 3. The fourth-order valence-corrected chi connectivity index (χ4v) is 4.59. The molecule has 1 aromatic heterocycles. The largest absolute Gasteiger partial charge is 0.497 e. The minimum Gasteiger partial charge on any atom is -0.497 e. The molecule has 0 spiro atoms. The lowest BCUT2D eigenvalue weighted by Gasteiger charge is -2.13. The summed E-state index contributed by atoms with van der Waals surface area (Å²) in [5.41, 5.74) is 3.21. The highest BCUT2D eigenvalue weighted by atomic mass is 35.5. The van der Waals surface area contributed by atoms with Crippen LogP contribution in [0, 0.1) is 12.7 Å². The van der Waals surface area contributed by atoms with Gasteiger partial charge in [-0.1, -0.05) is 41.6 Å². The third-order valence-corrected chi connectivity index (χ3v) is 6.22. The predicted octanol–water partition coefficient (Wildman–Crippen LogP) is 6.34. The van der Waals surface area contributed by atoms with Crippen molar-refractivity contribution in [1.29, 1.82) is 0 Å². The molecule has 8 heteroatoms. The third-order valence-electron chi connectivity index (χ3n) is 4.91. The summed E-state index contributed by atoms with van der Waals surface area (Å²) in [4.78, 5) is 0.